The molecule has 2 aliphatic carbocycles. The summed E-state index contributed by atoms with van der Waals surface area (Å²) in [6, 6.07) is 18.0. The molecule has 2 amide bonds. The highest BCUT2D eigenvalue weighted by Crippen LogP contribution is 2.48. The van der Waals surface area contributed by atoms with Crippen molar-refractivity contribution in [2.75, 3.05) is 10.6 Å². The smallest absolute Gasteiger partial charge is 0.240 e. The number of amides is 2. The van der Waals surface area contributed by atoms with Crippen molar-refractivity contribution in [2.45, 2.75) is 50.2 Å². The molecule has 3 aromatic rings. The van der Waals surface area contributed by atoms with Crippen LogP contribution in [-0.2, 0) is 9.59 Å². The van der Waals surface area contributed by atoms with Gasteiger partial charge in [0, 0.05) is 28.7 Å². The number of hydrogen-bond donors (Lipinski definition) is 5. The van der Waals surface area contributed by atoms with Crippen LogP contribution in [0.2, 0.25) is 0 Å². The molecule has 0 radical (unpaired) electrons. The number of nitrogens with two attached hydrogens (primary N) is 1. The van der Waals surface area contributed by atoms with Crippen molar-refractivity contribution in [1.29, 1.82) is 0 Å². The lowest BCUT2D eigenvalue weighted by Crippen LogP contribution is -2.41. The van der Waals surface area contributed by atoms with Gasteiger partial charge in [-0.3, -0.25) is 15.0 Å². The molecule has 0 aromatic heterocycles. The van der Waals surface area contributed by atoms with Crippen molar-refractivity contribution < 1.29 is 14.0 Å². The van der Waals surface area contributed by atoms with Gasteiger partial charge in [-0.05, 0) is 72.9 Å². The predicted molar refractivity (Wildman–Crippen MR) is 137 cm³/mol. The highest BCUT2D eigenvalue weighted by atomic mass is 19.1. The number of anilines is 2. The van der Waals surface area contributed by atoms with Crippen molar-refractivity contribution in [3.8, 4) is 0 Å². The van der Waals surface area contributed by atoms with E-state index in [-0.39, 0.29) is 23.8 Å². The van der Waals surface area contributed by atoms with Crippen LogP contribution in [0.5, 0.6) is 0 Å². The molecule has 8 heteroatoms. The number of hydrazine groups is 1. The summed E-state index contributed by atoms with van der Waals surface area (Å²) in [6.45, 7) is 0. The molecule has 4 atom stereocenters. The van der Waals surface area contributed by atoms with Gasteiger partial charge in [-0.2, -0.15) is 0 Å². The zero-order valence-corrected chi connectivity index (χ0v) is 19.9. The highest BCUT2D eigenvalue weighted by molar-refractivity contribution is 6.18. The third kappa shape index (κ3) is 3.95. The quantitative estimate of drug-likeness (QED) is 0.350. The molecule has 3 aromatic carbocycles. The number of halogens is 1. The number of carbonyl (C=O) groups excluding carboxylic acids is 2. The fraction of sp³-hybridized carbons (Fsp3) is 0.357. The van der Waals surface area contributed by atoms with Gasteiger partial charge < -0.3 is 16.4 Å². The number of nitrogens with one attached hydrogen (secondary N) is 4. The monoisotopic (exact) mass is 487 g/mol. The van der Waals surface area contributed by atoms with Crippen molar-refractivity contribution in [1.82, 2.24) is 10.9 Å². The summed E-state index contributed by atoms with van der Waals surface area (Å²) in [5, 5.41) is 7.85. The van der Waals surface area contributed by atoms with E-state index >= 15 is 0 Å². The first-order valence-electron chi connectivity index (χ1n) is 12.6. The third-order valence-corrected chi connectivity index (χ3v) is 8.14. The second kappa shape index (κ2) is 8.96. The van der Waals surface area contributed by atoms with Crippen molar-refractivity contribution in [3.63, 3.8) is 0 Å². The minimum absolute atomic E-state index is 0.104. The van der Waals surface area contributed by atoms with Crippen LogP contribution < -0.4 is 27.2 Å². The van der Waals surface area contributed by atoms with Gasteiger partial charge in [0.05, 0.1) is 6.17 Å². The molecule has 1 saturated heterocycles. The van der Waals surface area contributed by atoms with Gasteiger partial charge >= 0.3 is 0 Å². The maximum absolute atomic E-state index is 13.3. The first kappa shape index (κ1) is 23.1. The van der Waals surface area contributed by atoms with Crippen LogP contribution in [0, 0.1) is 17.2 Å². The Kier molecular flexibility index (Phi) is 5.75. The van der Waals surface area contributed by atoms with Crippen LogP contribution >= 0.6 is 0 Å². The molecular formula is C28H30FN5O2. The predicted octanol–water partition coefficient (Wildman–Crippen LogP) is 3.98. The van der Waals surface area contributed by atoms with Crippen LogP contribution in [0.25, 0.3) is 10.8 Å². The minimum atomic E-state index is -1.11. The fourth-order valence-electron chi connectivity index (χ4n) is 6.02. The van der Waals surface area contributed by atoms with E-state index in [9.17, 15) is 14.0 Å². The van der Waals surface area contributed by atoms with Crippen LogP contribution in [0.4, 0.5) is 15.8 Å². The topological polar surface area (TPSA) is 108 Å². The summed E-state index contributed by atoms with van der Waals surface area (Å²) in [5.74, 6) is -0.451. The Labute approximate surface area is 209 Å². The highest BCUT2D eigenvalue weighted by Gasteiger charge is 2.56. The Balaban J connectivity index is 1.26. The first-order chi connectivity index (χ1) is 17.5. The third-order valence-electron chi connectivity index (χ3n) is 8.14. The molecule has 0 bridgehead atoms. The molecule has 0 spiro atoms. The average molecular weight is 488 g/mol. The molecule has 6 rings (SSSR count). The number of carbonyl (C=O) groups is 2. The molecule has 186 valence electrons. The lowest BCUT2D eigenvalue weighted by Gasteiger charge is -2.35. The van der Waals surface area contributed by atoms with Crippen LogP contribution in [-0.4, -0.2) is 24.0 Å². The summed E-state index contributed by atoms with van der Waals surface area (Å²) in [5.41, 5.74) is 14.3. The zero-order chi connectivity index (χ0) is 24.9. The van der Waals surface area contributed by atoms with E-state index in [4.69, 9.17) is 5.73 Å². The van der Waals surface area contributed by atoms with E-state index in [1.165, 1.54) is 29.8 Å². The maximum Gasteiger partial charge on any atom is 0.240 e. The summed E-state index contributed by atoms with van der Waals surface area (Å²) in [6.07, 6.45) is 4.16. The summed E-state index contributed by atoms with van der Waals surface area (Å²) < 4.78 is 13.2. The lowest BCUT2D eigenvalue weighted by molar-refractivity contribution is -0.131. The number of hydrogen-bond acceptors (Lipinski definition) is 5. The van der Waals surface area contributed by atoms with Crippen molar-refractivity contribution in [3.05, 3.63) is 72.0 Å². The SMILES string of the molecule is NC1NNC2CCCC(c3ccc(NC(=O)C4(C(=O)Nc5ccc(F)cc5)CC4)c4ccccc34)C12. The normalized spacial score (nSPS) is 26.3. The zero-order valence-electron chi connectivity index (χ0n) is 19.9. The molecule has 1 aliphatic heterocycles. The Bertz CT molecular complexity index is 1320. The Morgan fingerprint density at radius 3 is 2.36 bits per heavy atom. The Hall–Kier alpha value is -3.33. The second-order valence-corrected chi connectivity index (χ2v) is 10.3. The maximum atomic E-state index is 13.3. The van der Waals surface area contributed by atoms with E-state index in [2.05, 4.69) is 33.6 Å². The van der Waals surface area contributed by atoms with Gasteiger partial charge in [-0.25, -0.2) is 9.82 Å². The van der Waals surface area contributed by atoms with Crippen LogP contribution in [0.1, 0.15) is 43.6 Å². The van der Waals surface area contributed by atoms with Gasteiger partial charge in [0.1, 0.15) is 11.2 Å². The van der Waals surface area contributed by atoms with Crippen LogP contribution in [0.15, 0.2) is 60.7 Å². The molecule has 3 fully saturated rings. The van der Waals surface area contributed by atoms with Crippen LogP contribution in [0.3, 0.4) is 0 Å². The van der Waals surface area contributed by atoms with E-state index in [1.807, 2.05) is 24.3 Å². The minimum Gasteiger partial charge on any atom is -0.325 e. The molecule has 36 heavy (non-hydrogen) atoms. The number of rotatable bonds is 5. The van der Waals surface area contributed by atoms with Crippen molar-refractivity contribution in [2.24, 2.45) is 17.1 Å². The van der Waals surface area contributed by atoms with Gasteiger partial charge in [-0.15, -0.1) is 0 Å². The summed E-state index contributed by atoms with van der Waals surface area (Å²) in [4.78, 5) is 26.3. The van der Waals surface area contributed by atoms with Crippen molar-refractivity contribution >= 4 is 34.0 Å². The van der Waals surface area contributed by atoms with E-state index < -0.39 is 5.41 Å². The van der Waals surface area contributed by atoms with E-state index in [0.717, 1.165) is 30.0 Å². The Morgan fingerprint density at radius 2 is 1.61 bits per heavy atom. The molecule has 1 heterocycles. The lowest BCUT2D eigenvalue weighted by atomic mass is 9.71. The van der Waals surface area contributed by atoms with Gasteiger partial charge in [0.15, 0.2) is 0 Å². The van der Waals surface area contributed by atoms with Gasteiger partial charge in [0.25, 0.3) is 0 Å². The molecule has 2 saturated carbocycles. The molecule has 4 unspecified atom stereocenters. The standard InChI is InChI=1S/C28H30FN5O2/c29-16-8-10-17(11-9-16)31-26(35)28(14-15-28)27(36)32-22-13-12-19(18-4-1-2-5-20(18)22)21-6-3-7-23-24(21)25(30)34-33-23/h1-2,4-5,8-13,21,23-25,33-34H,3,6-7,14-15,30H2,(H,31,35)(H,32,36). The summed E-state index contributed by atoms with van der Waals surface area (Å²) >= 11 is 0. The largest absolute Gasteiger partial charge is 0.325 e. The molecule has 3 aliphatic rings. The average Bonchev–Trinajstić information content (AvgIpc) is 3.63. The number of benzene rings is 3. The second-order valence-electron chi connectivity index (χ2n) is 10.3. The molecular weight excluding hydrogens is 457 g/mol. The van der Waals surface area contributed by atoms with Gasteiger partial charge in [-0.1, -0.05) is 36.8 Å². The Morgan fingerprint density at radius 1 is 0.889 bits per heavy atom. The molecule has 7 nitrogen and oxygen atoms in total. The van der Waals surface area contributed by atoms with E-state index in [0.29, 0.717) is 42.1 Å². The van der Waals surface area contributed by atoms with Gasteiger partial charge in [0.2, 0.25) is 11.8 Å². The molecule has 6 N–H and O–H groups in total. The first-order valence-corrected chi connectivity index (χ1v) is 12.6. The van der Waals surface area contributed by atoms with E-state index in [1.54, 1.807) is 0 Å². The summed E-state index contributed by atoms with van der Waals surface area (Å²) in [7, 11) is 0. The number of fused-ring (bicyclic) bond motifs is 2. The fourth-order valence-corrected chi connectivity index (χ4v) is 6.02.